The lowest BCUT2D eigenvalue weighted by atomic mass is 10.2. The third kappa shape index (κ3) is 4.67. The van der Waals surface area contributed by atoms with Crippen LogP contribution in [0.15, 0.2) is 30.3 Å². The summed E-state index contributed by atoms with van der Waals surface area (Å²) in [5.74, 6) is -1.08. The van der Waals surface area contributed by atoms with Crippen LogP contribution in [-0.2, 0) is 14.4 Å². The number of amides is 1. The van der Waals surface area contributed by atoms with Crippen molar-refractivity contribution in [3.8, 4) is 5.75 Å². The number of hydrogen-bond acceptors (Lipinski definition) is 4. The number of hydroxylamine groups is 1. The van der Waals surface area contributed by atoms with Crippen molar-refractivity contribution in [1.29, 1.82) is 0 Å². The van der Waals surface area contributed by atoms with Crippen LogP contribution in [0.3, 0.4) is 0 Å². The van der Waals surface area contributed by atoms with Gasteiger partial charge in [0.25, 0.3) is 5.91 Å². The Hall–Kier alpha value is -2.34. The van der Waals surface area contributed by atoms with Gasteiger partial charge in [0, 0.05) is 11.6 Å². The molecule has 1 aromatic rings. The normalized spacial score (nSPS) is 10.3. The number of rotatable bonds is 6. The summed E-state index contributed by atoms with van der Waals surface area (Å²) in [6, 6.07) is 7.16. The van der Waals surface area contributed by atoms with Crippen LogP contribution in [0.2, 0.25) is 0 Å². The number of ether oxygens (including phenoxy) is 1. The lowest BCUT2D eigenvalue weighted by Crippen LogP contribution is -2.24. The number of benzene rings is 1. The number of nitrogens with one attached hydrogen (secondary N) is 1. The van der Waals surface area contributed by atoms with Crippen LogP contribution in [0.1, 0.15) is 5.56 Å². The summed E-state index contributed by atoms with van der Waals surface area (Å²) in [5, 5.41) is 8.29. The molecule has 0 saturated heterocycles. The molecule has 0 aromatic heterocycles. The molecule has 6 nitrogen and oxygen atoms in total. The molecule has 1 rings (SSSR count). The van der Waals surface area contributed by atoms with Gasteiger partial charge in [0.2, 0.25) is 0 Å². The molecule has 2 N–H and O–H groups in total. The topological polar surface area (TPSA) is 84.9 Å². The molecule has 0 bridgehead atoms. The van der Waals surface area contributed by atoms with E-state index in [1.165, 1.54) is 19.3 Å². The maximum atomic E-state index is 11.2. The lowest BCUT2D eigenvalue weighted by molar-refractivity contribution is -0.147. The van der Waals surface area contributed by atoms with E-state index in [0.717, 1.165) is 5.56 Å². The Morgan fingerprint density at radius 1 is 1.39 bits per heavy atom. The van der Waals surface area contributed by atoms with Crippen LogP contribution >= 0.6 is 0 Å². The largest absolute Gasteiger partial charge is 0.496 e. The van der Waals surface area contributed by atoms with Crippen molar-refractivity contribution in [2.45, 2.75) is 0 Å². The molecule has 1 amide bonds. The third-order valence-corrected chi connectivity index (χ3v) is 1.92. The van der Waals surface area contributed by atoms with Gasteiger partial charge in [0.1, 0.15) is 5.75 Å². The molecule has 1 aromatic carbocycles. The number of methoxy groups -OCH3 is 1. The number of carboxylic acids is 1. The summed E-state index contributed by atoms with van der Waals surface area (Å²) in [4.78, 5) is 25.8. The molecule has 0 unspecified atom stereocenters. The number of carbonyl (C=O) groups excluding carboxylic acids is 1. The summed E-state index contributed by atoms with van der Waals surface area (Å²) in [7, 11) is 1.53. The van der Waals surface area contributed by atoms with E-state index in [9.17, 15) is 9.59 Å². The van der Waals surface area contributed by atoms with Gasteiger partial charge in [0.15, 0.2) is 6.61 Å². The van der Waals surface area contributed by atoms with Crippen molar-refractivity contribution in [2.24, 2.45) is 0 Å². The average molecular weight is 251 g/mol. The van der Waals surface area contributed by atoms with E-state index in [2.05, 4.69) is 4.84 Å². The molecular formula is C12H13NO5. The van der Waals surface area contributed by atoms with Crippen LogP contribution in [0, 0.1) is 0 Å². The molecule has 6 heteroatoms. The highest BCUT2D eigenvalue weighted by atomic mass is 16.7. The molecule has 96 valence electrons. The van der Waals surface area contributed by atoms with E-state index < -0.39 is 18.5 Å². The van der Waals surface area contributed by atoms with E-state index in [0.29, 0.717) is 5.75 Å². The summed E-state index contributed by atoms with van der Waals surface area (Å²) in [6.07, 6.45) is 2.76. The van der Waals surface area contributed by atoms with Gasteiger partial charge >= 0.3 is 5.97 Å². The zero-order valence-electron chi connectivity index (χ0n) is 9.75. The van der Waals surface area contributed by atoms with Crippen molar-refractivity contribution in [1.82, 2.24) is 5.48 Å². The fourth-order valence-electron chi connectivity index (χ4n) is 1.17. The van der Waals surface area contributed by atoms with Crippen LogP contribution in [0.5, 0.6) is 5.75 Å². The molecule has 0 heterocycles. The van der Waals surface area contributed by atoms with Crippen LogP contribution in [0.25, 0.3) is 6.08 Å². The zero-order chi connectivity index (χ0) is 13.4. The van der Waals surface area contributed by atoms with E-state index >= 15 is 0 Å². The van der Waals surface area contributed by atoms with Crippen LogP contribution < -0.4 is 10.2 Å². The van der Waals surface area contributed by atoms with Gasteiger partial charge in [-0.05, 0) is 12.1 Å². The Morgan fingerprint density at radius 3 is 2.78 bits per heavy atom. The summed E-state index contributed by atoms with van der Waals surface area (Å²) >= 11 is 0. The quantitative estimate of drug-likeness (QED) is 0.578. The number of aliphatic carboxylic acids is 1. The second-order valence-corrected chi connectivity index (χ2v) is 3.22. The summed E-state index contributed by atoms with van der Waals surface area (Å²) < 4.78 is 5.10. The molecule has 0 aliphatic rings. The van der Waals surface area contributed by atoms with Gasteiger partial charge < -0.3 is 9.84 Å². The smallest absolute Gasteiger partial charge is 0.332 e. The highest BCUT2D eigenvalue weighted by molar-refractivity contribution is 5.91. The number of carbonyl (C=O) groups is 2. The van der Waals surface area contributed by atoms with Gasteiger partial charge in [-0.25, -0.2) is 10.3 Å². The number of hydrogen-bond donors (Lipinski definition) is 2. The van der Waals surface area contributed by atoms with E-state index in [1.54, 1.807) is 18.2 Å². The predicted octanol–water partition coefficient (Wildman–Crippen LogP) is 0.841. The summed E-state index contributed by atoms with van der Waals surface area (Å²) in [6.45, 7) is -0.589. The second kappa shape index (κ2) is 7.08. The van der Waals surface area contributed by atoms with Crippen LogP contribution in [-0.4, -0.2) is 30.7 Å². The summed E-state index contributed by atoms with van der Waals surface area (Å²) in [5.41, 5.74) is 2.70. The van der Waals surface area contributed by atoms with Gasteiger partial charge in [-0.3, -0.25) is 9.63 Å². The lowest BCUT2D eigenvalue weighted by Gasteiger charge is -2.03. The molecular weight excluding hydrogens is 238 g/mol. The molecule has 0 aliphatic heterocycles. The fourth-order valence-corrected chi connectivity index (χ4v) is 1.17. The van der Waals surface area contributed by atoms with E-state index in [1.807, 2.05) is 11.5 Å². The minimum absolute atomic E-state index is 0.554. The molecule has 18 heavy (non-hydrogen) atoms. The molecule has 0 saturated carbocycles. The van der Waals surface area contributed by atoms with E-state index in [-0.39, 0.29) is 0 Å². The first-order chi connectivity index (χ1) is 8.63. The molecule has 0 fully saturated rings. The molecule has 0 atom stereocenters. The average Bonchev–Trinajstić information content (AvgIpc) is 2.36. The van der Waals surface area contributed by atoms with Gasteiger partial charge in [-0.2, -0.15) is 0 Å². The minimum Gasteiger partial charge on any atom is -0.496 e. The maximum absolute atomic E-state index is 11.2. The standard InChI is InChI=1S/C12H13NO5/c1-17-10-5-3-2-4-9(10)6-7-11(14)13-18-8-12(15)16/h2-7H,8H2,1H3,(H,13,14)(H,15,16). The molecule has 0 radical (unpaired) electrons. The Morgan fingerprint density at radius 2 is 2.11 bits per heavy atom. The van der Waals surface area contributed by atoms with Crippen molar-refractivity contribution in [3.05, 3.63) is 35.9 Å². The predicted molar refractivity (Wildman–Crippen MR) is 63.8 cm³/mol. The maximum Gasteiger partial charge on any atom is 0.332 e. The highest BCUT2D eigenvalue weighted by Gasteiger charge is 2.01. The zero-order valence-corrected chi connectivity index (χ0v) is 9.75. The van der Waals surface area contributed by atoms with Crippen molar-refractivity contribution >= 4 is 18.0 Å². The number of carboxylic acid groups (broad SMARTS) is 1. The van der Waals surface area contributed by atoms with Gasteiger partial charge in [-0.15, -0.1) is 0 Å². The third-order valence-electron chi connectivity index (χ3n) is 1.92. The minimum atomic E-state index is -1.16. The van der Waals surface area contributed by atoms with Crippen molar-refractivity contribution < 1.29 is 24.3 Å². The fraction of sp³-hybridized carbons (Fsp3) is 0.167. The van der Waals surface area contributed by atoms with Crippen LogP contribution in [0.4, 0.5) is 0 Å². The monoisotopic (exact) mass is 251 g/mol. The van der Waals surface area contributed by atoms with E-state index in [4.69, 9.17) is 9.84 Å². The molecule has 0 aliphatic carbocycles. The highest BCUT2D eigenvalue weighted by Crippen LogP contribution is 2.18. The number of para-hydroxylation sites is 1. The first kappa shape index (κ1) is 13.7. The Balaban J connectivity index is 2.52. The van der Waals surface area contributed by atoms with Crippen molar-refractivity contribution in [3.63, 3.8) is 0 Å². The molecule has 0 spiro atoms. The Bertz CT molecular complexity index is 456. The van der Waals surface area contributed by atoms with Gasteiger partial charge in [0.05, 0.1) is 7.11 Å². The first-order valence-electron chi connectivity index (χ1n) is 5.08. The van der Waals surface area contributed by atoms with Crippen molar-refractivity contribution in [2.75, 3.05) is 13.7 Å². The Kier molecular flexibility index (Phi) is 5.40. The Labute approximate surface area is 104 Å². The SMILES string of the molecule is COc1ccccc1C=CC(=O)NOCC(=O)O. The first-order valence-corrected chi connectivity index (χ1v) is 5.08. The second-order valence-electron chi connectivity index (χ2n) is 3.22. The van der Waals surface area contributed by atoms with Gasteiger partial charge in [-0.1, -0.05) is 18.2 Å².